The molecule has 1 aromatic carbocycles. The molecule has 1 saturated heterocycles. The Morgan fingerprint density at radius 1 is 1.11 bits per heavy atom. The molecule has 1 amide bonds. The van der Waals surface area contributed by atoms with Gasteiger partial charge in [0.1, 0.15) is 0 Å². The van der Waals surface area contributed by atoms with Gasteiger partial charge < -0.3 is 9.64 Å². The van der Waals surface area contributed by atoms with Crippen LogP contribution in [0.25, 0.3) is 22.2 Å². The van der Waals surface area contributed by atoms with Crippen molar-refractivity contribution in [1.29, 1.82) is 0 Å². The van der Waals surface area contributed by atoms with Crippen molar-refractivity contribution in [2.75, 3.05) is 13.1 Å². The predicted molar refractivity (Wildman–Crippen MR) is 106 cm³/mol. The molecule has 142 valence electrons. The SMILES string of the molecule is C[C@H](OC(=O)c1cc(-c2cccnc2)nc2ccccc12)C(=O)N1CCCC1. The van der Waals surface area contributed by atoms with Crippen LogP contribution in [0.1, 0.15) is 30.1 Å². The van der Waals surface area contributed by atoms with E-state index in [-0.39, 0.29) is 5.91 Å². The summed E-state index contributed by atoms with van der Waals surface area (Å²) in [6.45, 7) is 3.08. The van der Waals surface area contributed by atoms with Crippen molar-refractivity contribution in [2.45, 2.75) is 25.9 Å². The van der Waals surface area contributed by atoms with Gasteiger partial charge in [-0.1, -0.05) is 18.2 Å². The van der Waals surface area contributed by atoms with Crippen LogP contribution in [0.5, 0.6) is 0 Å². The number of pyridine rings is 2. The lowest BCUT2D eigenvalue weighted by Gasteiger charge is -2.20. The first kappa shape index (κ1) is 18.1. The molecule has 0 N–H and O–H groups in total. The number of likely N-dealkylation sites (tertiary alicyclic amines) is 1. The molecule has 4 rings (SSSR count). The largest absolute Gasteiger partial charge is 0.449 e. The van der Waals surface area contributed by atoms with Crippen molar-refractivity contribution in [1.82, 2.24) is 14.9 Å². The summed E-state index contributed by atoms with van der Waals surface area (Å²) in [7, 11) is 0. The zero-order chi connectivity index (χ0) is 19.5. The Kier molecular flexibility index (Phi) is 5.02. The summed E-state index contributed by atoms with van der Waals surface area (Å²) in [6, 6.07) is 12.8. The van der Waals surface area contributed by atoms with Gasteiger partial charge in [0.15, 0.2) is 6.10 Å². The number of ether oxygens (including phenoxy) is 1. The average molecular weight is 375 g/mol. The lowest BCUT2D eigenvalue weighted by Crippen LogP contribution is -2.38. The Morgan fingerprint density at radius 3 is 2.64 bits per heavy atom. The molecule has 1 aliphatic rings. The number of hydrogen-bond acceptors (Lipinski definition) is 5. The van der Waals surface area contributed by atoms with Gasteiger partial charge in [0.2, 0.25) is 0 Å². The Hall–Kier alpha value is -3.28. The molecule has 0 unspecified atom stereocenters. The summed E-state index contributed by atoms with van der Waals surface area (Å²) < 4.78 is 5.54. The number of para-hydroxylation sites is 1. The van der Waals surface area contributed by atoms with Crippen LogP contribution >= 0.6 is 0 Å². The van der Waals surface area contributed by atoms with Crippen LogP contribution < -0.4 is 0 Å². The zero-order valence-corrected chi connectivity index (χ0v) is 15.7. The monoisotopic (exact) mass is 375 g/mol. The maximum atomic E-state index is 12.9. The Balaban J connectivity index is 1.66. The fourth-order valence-electron chi connectivity index (χ4n) is 3.48. The van der Waals surface area contributed by atoms with Gasteiger partial charge >= 0.3 is 5.97 Å². The molecule has 3 heterocycles. The molecule has 1 atom stereocenters. The molecule has 28 heavy (non-hydrogen) atoms. The van der Waals surface area contributed by atoms with E-state index in [0.29, 0.717) is 22.2 Å². The van der Waals surface area contributed by atoms with Crippen molar-refractivity contribution < 1.29 is 14.3 Å². The van der Waals surface area contributed by atoms with Crippen LogP contribution in [-0.2, 0) is 9.53 Å². The second-order valence-electron chi connectivity index (χ2n) is 6.89. The van der Waals surface area contributed by atoms with Gasteiger partial charge in [-0.3, -0.25) is 9.78 Å². The van der Waals surface area contributed by atoms with Crippen LogP contribution in [0.3, 0.4) is 0 Å². The van der Waals surface area contributed by atoms with Crippen LogP contribution in [0, 0.1) is 0 Å². The van der Waals surface area contributed by atoms with Gasteiger partial charge in [0.25, 0.3) is 5.91 Å². The van der Waals surface area contributed by atoms with Crippen LogP contribution in [-0.4, -0.2) is 45.9 Å². The lowest BCUT2D eigenvalue weighted by atomic mass is 10.0. The van der Waals surface area contributed by atoms with Gasteiger partial charge in [-0.25, -0.2) is 9.78 Å². The number of esters is 1. The topological polar surface area (TPSA) is 72.4 Å². The highest BCUT2D eigenvalue weighted by Gasteiger charge is 2.27. The highest BCUT2D eigenvalue weighted by molar-refractivity contribution is 6.05. The minimum absolute atomic E-state index is 0.142. The molecule has 3 aromatic rings. The molecule has 0 spiro atoms. The standard InChI is InChI=1S/C22H21N3O3/c1-15(21(26)25-11-4-5-12-25)28-22(27)18-13-20(16-7-6-10-23-14-16)24-19-9-3-2-8-17(18)19/h2-3,6-10,13-15H,4-5,11-12H2,1H3/t15-/m0/s1. The molecule has 6 nitrogen and oxygen atoms in total. The number of rotatable bonds is 4. The highest BCUT2D eigenvalue weighted by atomic mass is 16.5. The maximum absolute atomic E-state index is 12.9. The van der Waals surface area contributed by atoms with E-state index in [1.165, 1.54) is 0 Å². The van der Waals surface area contributed by atoms with Crippen molar-refractivity contribution in [2.24, 2.45) is 0 Å². The number of carbonyl (C=O) groups excluding carboxylic acids is 2. The number of hydrogen-bond donors (Lipinski definition) is 0. The quantitative estimate of drug-likeness (QED) is 0.653. The normalized spacial score (nSPS) is 14.8. The van der Waals surface area contributed by atoms with E-state index in [4.69, 9.17) is 4.74 Å². The van der Waals surface area contributed by atoms with E-state index < -0.39 is 12.1 Å². The third-order valence-electron chi connectivity index (χ3n) is 4.94. The number of amides is 1. The summed E-state index contributed by atoms with van der Waals surface area (Å²) >= 11 is 0. The highest BCUT2D eigenvalue weighted by Crippen LogP contribution is 2.25. The number of aromatic nitrogens is 2. The van der Waals surface area contributed by atoms with Gasteiger partial charge in [0, 0.05) is 36.4 Å². The van der Waals surface area contributed by atoms with Gasteiger partial charge in [-0.05, 0) is 44.0 Å². The lowest BCUT2D eigenvalue weighted by molar-refractivity contribution is -0.138. The Morgan fingerprint density at radius 2 is 1.89 bits per heavy atom. The maximum Gasteiger partial charge on any atom is 0.339 e. The van der Waals surface area contributed by atoms with Crippen LogP contribution in [0.4, 0.5) is 0 Å². The van der Waals surface area contributed by atoms with Gasteiger partial charge in [-0.2, -0.15) is 0 Å². The van der Waals surface area contributed by atoms with E-state index in [9.17, 15) is 9.59 Å². The Bertz CT molecular complexity index is 1010. The fourth-order valence-corrected chi connectivity index (χ4v) is 3.48. The van der Waals surface area contributed by atoms with E-state index in [2.05, 4.69) is 9.97 Å². The van der Waals surface area contributed by atoms with Crippen LogP contribution in [0.2, 0.25) is 0 Å². The fraction of sp³-hybridized carbons (Fsp3) is 0.273. The number of carbonyl (C=O) groups is 2. The molecule has 0 saturated carbocycles. The molecule has 0 aliphatic carbocycles. The van der Waals surface area contributed by atoms with E-state index in [0.717, 1.165) is 31.5 Å². The summed E-state index contributed by atoms with van der Waals surface area (Å²) in [6.07, 6.45) is 4.56. The number of fused-ring (bicyclic) bond motifs is 1. The molecule has 0 bridgehead atoms. The molecule has 0 radical (unpaired) electrons. The third-order valence-corrected chi connectivity index (χ3v) is 4.94. The predicted octanol–water partition coefficient (Wildman–Crippen LogP) is 3.46. The summed E-state index contributed by atoms with van der Waals surface area (Å²) in [4.78, 5) is 35.9. The molecular weight excluding hydrogens is 354 g/mol. The van der Waals surface area contributed by atoms with E-state index >= 15 is 0 Å². The minimum Gasteiger partial charge on any atom is -0.449 e. The van der Waals surface area contributed by atoms with Crippen molar-refractivity contribution >= 4 is 22.8 Å². The Labute approximate surface area is 163 Å². The molecule has 2 aromatic heterocycles. The van der Waals surface area contributed by atoms with E-state index in [1.54, 1.807) is 30.3 Å². The van der Waals surface area contributed by atoms with E-state index in [1.807, 2.05) is 36.4 Å². The zero-order valence-electron chi connectivity index (χ0n) is 15.7. The summed E-state index contributed by atoms with van der Waals surface area (Å²) in [5.74, 6) is -0.666. The molecule has 1 fully saturated rings. The minimum atomic E-state index is -0.820. The average Bonchev–Trinajstić information content (AvgIpc) is 3.27. The summed E-state index contributed by atoms with van der Waals surface area (Å²) in [5, 5.41) is 0.695. The second-order valence-corrected chi connectivity index (χ2v) is 6.89. The number of nitrogens with zero attached hydrogens (tertiary/aromatic N) is 3. The number of benzene rings is 1. The van der Waals surface area contributed by atoms with Crippen molar-refractivity contribution in [3.8, 4) is 11.3 Å². The first-order valence-electron chi connectivity index (χ1n) is 9.43. The van der Waals surface area contributed by atoms with Gasteiger partial charge in [-0.15, -0.1) is 0 Å². The molecular formula is C22H21N3O3. The van der Waals surface area contributed by atoms with Crippen molar-refractivity contribution in [3.63, 3.8) is 0 Å². The second kappa shape index (κ2) is 7.76. The van der Waals surface area contributed by atoms with Crippen molar-refractivity contribution in [3.05, 3.63) is 60.4 Å². The first-order chi connectivity index (χ1) is 13.6. The van der Waals surface area contributed by atoms with Crippen LogP contribution in [0.15, 0.2) is 54.9 Å². The van der Waals surface area contributed by atoms with Gasteiger partial charge in [0.05, 0.1) is 16.8 Å². The first-order valence-corrected chi connectivity index (χ1v) is 9.43. The third kappa shape index (κ3) is 3.58. The smallest absolute Gasteiger partial charge is 0.339 e. The molecule has 1 aliphatic heterocycles. The summed E-state index contributed by atoms with van der Waals surface area (Å²) in [5.41, 5.74) is 2.53. The molecule has 6 heteroatoms.